The van der Waals surface area contributed by atoms with Gasteiger partial charge in [-0.15, -0.1) is 0 Å². The van der Waals surface area contributed by atoms with Crippen LogP contribution in [0.25, 0.3) is 0 Å². The van der Waals surface area contributed by atoms with Gasteiger partial charge in [0.05, 0.1) is 0 Å². The van der Waals surface area contributed by atoms with E-state index in [4.69, 9.17) is 0 Å². The van der Waals surface area contributed by atoms with Gasteiger partial charge in [-0.1, -0.05) is 13.8 Å². The fourth-order valence-corrected chi connectivity index (χ4v) is 1.10. The molecule has 0 unspecified atom stereocenters. The van der Waals surface area contributed by atoms with E-state index in [0.717, 1.165) is 0 Å². The third-order valence-electron chi connectivity index (χ3n) is 1.72. The number of hydrogen-bond acceptors (Lipinski definition) is 0. The van der Waals surface area contributed by atoms with Crippen LogP contribution in [0.4, 0.5) is 17.6 Å². The summed E-state index contributed by atoms with van der Waals surface area (Å²) in [5.74, 6) is -5.93. The SMILES string of the molecule is CC(C)c1c(F)c(F)cc(F)c1F. The van der Waals surface area contributed by atoms with Crippen LogP contribution in [0.5, 0.6) is 0 Å². The highest BCUT2D eigenvalue weighted by atomic mass is 19.2. The Kier molecular flexibility index (Phi) is 2.59. The summed E-state index contributed by atoms with van der Waals surface area (Å²) in [4.78, 5) is 0. The van der Waals surface area contributed by atoms with Crippen LogP contribution in [-0.4, -0.2) is 0 Å². The van der Waals surface area contributed by atoms with Gasteiger partial charge in [0, 0.05) is 11.6 Å². The number of hydrogen-bond donors (Lipinski definition) is 0. The molecule has 72 valence electrons. The predicted molar refractivity (Wildman–Crippen MR) is 40.4 cm³/mol. The highest BCUT2D eigenvalue weighted by molar-refractivity contribution is 5.25. The van der Waals surface area contributed by atoms with Crippen LogP contribution in [0.3, 0.4) is 0 Å². The van der Waals surface area contributed by atoms with Crippen LogP contribution in [0, 0.1) is 23.3 Å². The van der Waals surface area contributed by atoms with Gasteiger partial charge >= 0.3 is 0 Å². The van der Waals surface area contributed by atoms with Crippen molar-refractivity contribution in [2.75, 3.05) is 0 Å². The summed E-state index contributed by atoms with van der Waals surface area (Å²) in [5, 5.41) is 0. The molecule has 0 fully saturated rings. The summed E-state index contributed by atoms with van der Waals surface area (Å²) in [6, 6.07) is 0.205. The van der Waals surface area contributed by atoms with Crippen molar-refractivity contribution in [2.45, 2.75) is 19.8 Å². The van der Waals surface area contributed by atoms with E-state index < -0.39 is 34.8 Å². The van der Waals surface area contributed by atoms with E-state index >= 15 is 0 Å². The van der Waals surface area contributed by atoms with E-state index in [1.54, 1.807) is 0 Å². The molecular weight excluding hydrogens is 184 g/mol. The molecule has 0 amide bonds. The van der Waals surface area contributed by atoms with Crippen LogP contribution in [0.2, 0.25) is 0 Å². The maximum Gasteiger partial charge on any atom is 0.165 e. The quantitative estimate of drug-likeness (QED) is 0.472. The lowest BCUT2D eigenvalue weighted by Crippen LogP contribution is -2.03. The molecule has 0 heterocycles. The zero-order chi connectivity index (χ0) is 10.2. The summed E-state index contributed by atoms with van der Waals surface area (Å²) < 4.78 is 51.0. The Morgan fingerprint density at radius 1 is 0.923 bits per heavy atom. The average Bonchev–Trinajstić information content (AvgIpc) is 2.01. The van der Waals surface area contributed by atoms with Crippen LogP contribution in [0.15, 0.2) is 6.07 Å². The van der Waals surface area contributed by atoms with Crippen LogP contribution < -0.4 is 0 Å². The topological polar surface area (TPSA) is 0 Å². The van der Waals surface area contributed by atoms with Crippen molar-refractivity contribution >= 4 is 0 Å². The fraction of sp³-hybridized carbons (Fsp3) is 0.333. The molecule has 0 atom stereocenters. The molecule has 1 rings (SSSR count). The van der Waals surface area contributed by atoms with Crippen molar-refractivity contribution in [3.63, 3.8) is 0 Å². The molecule has 0 saturated heterocycles. The predicted octanol–water partition coefficient (Wildman–Crippen LogP) is 3.37. The van der Waals surface area contributed by atoms with Crippen LogP contribution in [0.1, 0.15) is 25.3 Å². The largest absolute Gasteiger partial charge is 0.204 e. The van der Waals surface area contributed by atoms with Crippen molar-refractivity contribution in [1.29, 1.82) is 0 Å². The fourth-order valence-electron chi connectivity index (χ4n) is 1.10. The molecule has 0 aromatic heterocycles. The highest BCUT2D eigenvalue weighted by Gasteiger charge is 2.20. The van der Waals surface area contributed by atoms with E-state index in [1.165, 1.54) is 13.8 Å². The minimum Gasteiger partial charge on any atom is -0.204 e. The standard InChI is InChI=1S/C9H8F4/c1-4(2)7-8(12)5(10)3-6(11)9(7)13/h3-4H,1-2H3. The van der Waals surface area contributed by atoms with E-state index in [1.807, 2.05) is 0 Å². The van der Waals surface area contributed by atoms with Crippen molar-refractivity contribution in [1.82, 2.24) is 0 Å². The minimum atomic E-state index is -1.36. The molecule has 0 bridgehead atoms. The molecule has 0 radical (unpaired) electrons. The van der Waals surface area contributed by atoms with Gasteiger partial charge in [0.15, 0.2) is 23.3 Å². The average molecular weight is 192 g/mol. The first-order valence-electron chi connectivity index (χ1n) is 3.78. The monoisotopic (exact) mass is 192 g/mol. The second-order valence-corrected chi connectivity index (χ2v) is 3.04. The first-order valence-corrected chi connectivity index (χ1v) is 3.78. The lowest BCUT2D eigenvalue weighted by atomic mass is 10.0. The molecular formula is C9H8F4. The second kappa shape index (κ2) is 3.36. The van der Waals surface area contributed by atoms with Crippen LogP contribution in [-0.2, 0) is 0 Å². The normalized spacial score (nSPS) is 11.0. The maximum absolute atomic E-state index is 12.9. The van der Waals surface area contributed by atoms with Crippen molar-refractivity contribution in [2.24, 2.45) is 0 Å². The Balaban J connectivity index is 3.46. The van der Waals surface area contributed by atoms with Gasteiger partial charge < -0.3 is 0 Å². The number of benzene rings is 1. The Bertz CT molecular complexity index is 305. The molecule has 4 heteroatoms. The van der Waals surface area contributed by atoms with Crippen molar-refractivity contribution in [3.05, 3.63) is 34.9 Å². The second-order valence-electron chi connectivity index (χ2n) is 3.04. The Morgan fingerprint density at radius 2 is 1.31 bits per heavy atom. The van der Waals surface area contributed by atoms with Crippen molar-refractivity contribution in [3.8, 4) is 0 Å². The highest BCUT2D eigenvalue weighted by Crippen LogP contribution is 2.25. The van der Waals surface area contributed by atoms with Gasteiger partial charge in [0.1, 0.15) is 0 Å². The smallest absolute Gasteiger partial charge is 0.165 e. The molecule has 0 aliphatic carbocycles. The first kappa shape index (κ1) is 10.0. The molecule has 0 nitrogen and oxygen atoms in total. The van der Waals surface area contributed by atoms with E-state index in [0.29, 0.717) is 0 Å². The van der Waals surface area contributed by atoms with Gasteiger partial charge in [0.2, 0.25) is 0 Å². The summed E-state index contributed by atoms with van der Waals surface area (Å²) in [6.45, 7) is 2.92. The lowest BCUT2D eigenvalue weighted by molar-refractivity contribution is 0.432. The molecule has 13 heavy (non-hydrogen) atoms. The summed E-state index contributed by atoms with van der Waals surface area (Å²) in [6.07, 6.45) is 0. The molecule has 0 aliphatic rings. The summed E-state index contributed by atoms with van der Waals surface area (Å²) in [7, 11) is 0. The van der Waals surface area contributed by atoms with Gasteiger partial charge in [-0.25, -0.2) is 17.6 Å². The molecule has 0 saturated carbocycles. The number of halogens is 4. The zero-order valence-electron chi connectivity index (χ0n) is 7.17. The zero-order valence-corrected chi connectivity index (χ0v) is 7.17. The number of rotatable bonds is 1. The minimum absolute atomic E-state index is 0.205. The Hall–Kier alpha value is -1.06. The molecule has 0 N–H and O–H groups in total. The Morgan fingerprint density at radius 3 is 1.62 bits per heavy atom. The van der Waals surface area contributed by atoms with Gasteiger partial charge in [-0.2, -0.15) is 0 Å². The Labute approximate surface area is 73.2 Å². The third kappa shape index (κ3) is 1.66. The van der Waals surface area contributed by atoms with Gasteiger partial charge in [-0.05, 0) is 5.92 Å². The van der Waals surface area contributed by atoms with Crippen molar-refractivity contribution < 1.29 is 17.6 Å². The van der Waals surface area contributed by atoms with Crippen LogP contribution >= 0.6 is 0 Å². The molecule has 1 aromatic rings. The first-order chi connectivity index (χ1) is 5.95. The molecule has 0 aliphatic heterocycles. The summed E-state index contributed by atoms with van der Waals surface area (Å²) in [5.41, 5.74) is -0.544. The van der Waals surface area contributed by atoms with E-state index in [9.17, 15) is 17.6 Å². The third-order valence-corrected chi connectivity index (χ3v) is 1.72. The summed E-state index contributed by atoms with van der Waals surface area (Å²) >= 11 is 0. The molecule has 0 spiro atoms. The lowest BCUT2D eigenvalue weighted by Gasteiger charge is -2.09. The van der Waals surface area contributed by atoms with Gasteiger partial charge in [0.25, 0.3) is 0 Å². The molecule has 1 aromatic carbocycles. The van der Waals surface area contributed by atoms with E-state index in [2.05, 4.69) is 0 Å². The maximum atomic E-state index is 12.9. The van der Waals surface area contributed by atoms with Gasteiger partial charge in [-0.3, -0.25) is 0 Å². The van der Waals surface area contributed by atoms with E-state index in [-0.39, 0.29) is 6.07 Å².